The molecule has 0 fully saturated rings. The summed E-state index contributed by atoms with van der Waals surface area (Å²) in [5, 5.41) is 0.866. The van der Waals surface area contributed by atoms with Crippen molar-refractivity contribution in [3.63, 3.8) is 0 Å². The van der Waals surface area contributed by atoms with E-state index in [1.165, 1.54) is 0 Å². The predicted molar refractivity (Wildman–Crippen MR) is 78.8 cm³/mol. The fraction of sp³-hybridized carbons (Fsp3) is 0.0667. The van der Waals surface area contributed by atoms with E-state index < -0.39 is 0 Å². The van der Waals surface area contributed by atoms with Crippen molar-refractivity contribution in [1.82, 2.24) is 9.88 Å². The Morgan fingerprint density at radius 1 is 1.32 bits per heavy atom. The summed E-state index contributed by atoms with van der Waals surface area (Å²) in [6, 6.07) is 7.54. The van der Waals surface area contributed by atoms with Crippen LogP contribution in [0.2, 0.25) is 0 Å². The van der Waals surface area contributed by atoms with Gasteiger partial charge in [-0.25, -0.2) is 0 Å². The summed E-state index contributed by atoms with van der Waals surface area (Å²) >= 11 is 3.40. The normalized spacial score (nSPS) is 14.1. The molecule has 0 saturated heterocycles. The van der Waals surface area contributed by atoms with E-state index in [1.807, 2.05) is 42.5 Å². The van der Waals surface area contributed by atoms with Crippen molar-refractivity contribution in [3.05, 3.63) is 64.9 Å². The number of pyridine rings is 1. The van der Waals surface area contributed by atoms with Crippen molar-refractivity contribution >= 4 is 32.7 Å². The summed E-state index contributed by atoms with van der Waals surface area (Å²) in [5.74, 6) is -0.00824. The van der Waals surface area contributed by atoms with Crippen LogP contribution in [-0.4, -0.2) is 22.3 Å². The summed E-state index contributed by atoms with van der Waals surface area (Å²) < 4.78 is 0.870. The van der Waals surface area contributed by atoms with Crippen molar-refractivity contribution in [3.8, 4) is 0 Å². The number of hydrogen-bond acceptors (Lipinski definition) is 2. The van der Waals surface area contributed by atoms with Gasteiger partial charge in [0.1, 0.15) is 0 Å². The molecular formula is C15H11BrN2O. The van der Waals surface area contributed by atoms with Crippen LogP contribution in [-0.2, 0) is 0 Å². The Morgan fingerprint density at radius 2 is 2.21 bits per heavy atom. The first kappa shape index (κ1) is 12.1. The van der Waals surface area contributed by atoms with Gasteiger partial charge >= 0.3 is 0 Å². The third-order valence-electron chi connectivity index (χ3n) is 3.00. The number of hydrogen-bond donors (Lipinski definition) is 0. The second-order valence-electron chi connectivity index (χ2n) is 4.25. The SMILES string of the molecule is O=C(c1cccc2ncc(Br)cc12)N1C=CC=CC1. The van der Waals surface area contributed by atoms with Crippen LogP contribution in [0.15, 0.2) is 59.4 Å². The number of fused-ring (bicyclic) bond motifs is 1. The number of halogens is 1. The Balaban J connectivity index is 2.09. The average Bonchev–Trinajstić information content (AvgIpc) is 2.47. The van der Waals surface area contributed by atoms with Crippen molar-refractivity contribution in [2.75, 3.05) is 6.54 Å². The van der Waals surface area contributed by atoms with E-state index in [2.05, 4.69) is 20.9 Å². The molecule has 3 rings (SSSR count). The molecule has 94 valence electrons. The van der Waals surface area contributed by atoms with Gasteiger partial charge in [-0.3, -0.25) is 9.78 Å². The highest BCUT2D eigenvalue weighted by Crippen LogP contribution is 2.22. The fourth-order valence-corrected chi connectivity index (χ4v) is 2.41. The maximum absolute atomic E-state index is 12.5. The standard InChI is InChI=1S/C15H11BrN2O/c16-11-9-13-12(5-4-6-14(13)17-10-11)15(19)18-7-2-1-3-8-18/h1-7,9-10H,8H2. The largest absolute Gasteiger partial charge is 0.311 e. The Bertz CT molecular complexity index is 706. The van der Waals surface area contributed by atoms with Gasteiger partial charge in [-0.05, 0) is 40.2 Å². The Morgan fingerprint density at radius 3 is 3.00 bits per heavy atom. The van der Waals surface area contributed by atoms with Gasteiger partial charge in [-0.2, -0.15) is 0 Å². The smallest absolute Gasteiger partial charge is 0.258 e. The van der Waals surface area contributed by atoms with E-state index in [4.69, 9.17) is 0 Å². The molecule has 3 nitrogen and oxygen atoms in total. The van der Waals surface area contributed by atoms with Crippen LogP contribution in [0.25, 0.3) is 10.9 Å². The molecule has 19 heavy (non-hydrogen) atoms. The van der Waals surface area contributed by atoms with E-state index in [1.54, 1.807) is 17.3 Å². The number of allylic oxidation sites excluding steroid dienone is 2. The highest BCUT2D eigenvalue weighted by Gasteiger charge is 2.16. The van der Waals surface area contributed by atoms with E-state index >= 15 is 0 Å². The summed E-state index contributed by atoms with van der Waals surface area (Å²) in [5.41, 5.74) is 1.50. The Labute approximate surface area is 119 Å². The topological polar surface area (TPSA) is 33.2 Å². The molecule has 0 spiro atoms. The summed E-state index contributed by atoms with van der Waals surface area (Å²) in [6.45, 7) is 0.604. The zero-order chi connectivity index (χ0) is 13.2. The van der Waals surface area contributed by atoms with Gasteiger partial charge in [0.15, 0.2) is 0 Å². The van der Waals surface area contributed by atoms with Crippen molar-refractivity contribution in [2.45, 2.75) is 0 Å². The Kier molecular flexibility index (Phi) is 3.17. The van der Waals surface area contributed by atoms with Gasteiger partial charge in [0.25, 0.3) is 5.91 Å². The van der Waals surface area contributed by atoms with Crippen molar-refractivity contribution in [1.29, 1.82) is 0 Å². The summed E-state index contributed by atoms with van der Waals surface area (Å²) in [4.78, 5) is 18.5. The maximum Gasteiger partial charge on any atom is 0.258 e. The maximum atomic E-state index is 12.5. The van der Waals surface area contributed by atoms with Crippen LogP contribution < -0.4 is 0 Å². The predicted octanol–water partition coefficient (Wildman–Crippen LogP) is 3.52. The molecule has 1 aromatic carbocycles. The molecule has 2 aromatic rings. The number of amides is 1. The Hall–Kier alpha value is -1.94. The van der Waals surface area contributed by atoms with Crippen LogP contribution in [0, 0.1) is 0 Å². The van der Waals surface area contributed by atoms with Gasteiger partial charge in [0.2, 0.25) is 0 Å². The lowest BCUT2D eigenvalue weighted by atomic mass is 10.1. The molecule has 0 saturated carbocycles. The number of nitrogens with zero attached hydrogens (tertiary/aromatic N) is 2. The van der Waals surface area contributed by atoms with Gasteiger partial charge in [-0.15, -0.1) is 0 Å². The van der Waals surface area contributed by atoms with E-state index in [9.17, 15) is 4.79 Å². The molecular weight excluding hydrogens is 304 g/mol. The van der Waals surface area contributed by atoms with E-state index in [0.717, 1.165) is 15.4 Å². The molecule has 0 N–H and O–H groups in total. The van der Waals surface area contributed by atoms with Gasteiger partial charge in [0, 0.05) is 34.4 Å². The number of carbonyl (C=O) groups is 1. The van der Waals surface area contributed by atoms with Gasteiger partial charge < -0.3 is 4.90 Å². The molecule has 1 aliphatic heterocycles. The molecule has 4 heteroatoms. The molecule has 1 aromatic heterocycles. The molecule has 0 radical (unpaired) electrons. The molecule has 0 atom stereocenters. The lowest BCUT2D eigenvalue weighted by Crippen LogP contribution is -2.27. The lowest BCUT2D eigenvalue weighted by molar-refractivity contribution is 0.0835. The van der Waals surface area contributed by atoms with Gasteiger partial charge in [0.05, 0.1) is 5.52 Å². The van der Waals surface area contributed by atoms with Crippen LogP contribution in [0.1, 0.15) is 10.4 Å². The number of aromatic nitrogens is 1. The van der Waals surface area contributed by atoms with Gasteiger partial charge in [-0.1, -0.05) is 18.2 Å². The minimum absolute atomic E-state index is 0.00824. The minimum atomic E-state index is -0.00824. The monoisotopic (exact) mass is 314 g/mol. The number of carbonyl (C=O) groups excluding carboxylic acids is 1. The third-order valence-corrected chi connectivity index (χ3v) is 3.43. The highest BCUT2D eigenvalue weighted by molar-refractivity contribution is 9.10. The summed E-state index contributed by atoms with van der Waals surface area (Å²) in [7, 11) is 0. The average molecular weight is 315 g/mol. The zero-order valence-electron chi connectivity index (χ0n) is 10.1. The van der Waals surface area contributed by atoms with Crippen LogP contribution in [0.4, 0.5) is 0 Å². The quantitative estimate of drug-likeness (QED) is 0.807. The van der Waals surface area contributed by atoms with Crippen LogP contribution >= 0.6 is 15.9 Å². The second kappa shape index (κ2) is 4.97. The molecule has 1 aliphatic rings. The minimum Gasteiger partial charge on any atom is -0.311 e. The highest BCUT2D eigenvalue weighted by atomic mass is 79.9. The molecule has 2 heterocycles. The lowest BCUT2D eigenvalue weighted by Gasteiger charge is -2.19. The molecule has 0 unspecified atom stereocenters. The van der Waals surface area contributed by atoms with E-state index in [-0.39, 0.29) is 5.91 Å². The van der Waals surface area contributed by atoms with Crippen molar-refractivity contribution in [2.24, 2.45) is 0 Å². The fourth-order valence-electron chi connectivity index (χ4n) is 2.08. The first-order chi connectivity index (χ1) is 9.25. The number of rotatable bonds is 1. The molecule has 0 bridgehead atoms. The van der Waals surface area contributed by atoms with Crippen LogP contribution in [0.5, 0.6) is 0 Å². The van der Waals surface area contributed by atoms with E-state index in [0.29, 0.717) is 12.1 Å². The summed E-state index contributed by atoms with van der Waals surface area (Å²) in [6.07, 6.45) is 9.29. The molecule has 1 amide bonds. The van der Waals surface area contributed by atoms with Crippen molar-refractivity contribution < 1.29 is 4.79 Å². The first-order valence-electron chi connectivity index (χ1n) is 5.94. The zero-order valence-corrected chi connectivity index (χ0v) is 11.7. The molecule has 0 aliphatic carbocycles. The second-order valence-corrected chi connectivity index (χ2v) is 5.17. The van der Waals surface area contributed by atoms with Crippen LogP contribution in [0.3, 0.4) is 0 Å². The first-order valence-corrected chi connectivity index (χ1v) is 6.73. The third kappa shape index (κ3) is 2.31. The number of benzene rings is 1.